The average molecular weight is 244 g/mol. The zero-order valence-corrected chi connectivity index (χ0v) is 12.3. The monoisotopic (exact) mass is 244 g/mol. The summed E-state index contributed by atoms with van der Waals surface area (Å²) in [5.74, 6) is -0.884. The van der Waals surface area contributed by atoms with Crippen LogP contribution in [0.2, 0.25) is 18.1 Å². The maximum absolute atomic E-state index is 10.4. The van der Waals surface area contributed by atoms with Gasteiger partial charge in [-0.25, -0.2) is 4.79 Å². The van der Waals surface area contributed by atoms with Gasteiger partial charge in [0.25, 0.3) is 0 Å². The molecule has 4 heteroatoms. The fourth-order valence-electron chi connectivity index (χ4n) is 0.967. The maximum Gasteiger partial charge on any atom is 0.328 e. The standard InChI is InChI=1S/C12H24O3Si/c1-10(9-11(13)14)7-8-15-16(5,6)12(2,3)4/h9H,7-8H2,1-6H3,(H,13,14)/b10-9-. The molecule has 0 unspecified atom stereocenters. The first-order valence-corrected chi connectivity index (χ1v) is 8.51. The first-order chi connectivity index (χ1) is 7.06. The summed E-state index contributed by atoms with van der Waals surface area (Å²) < 4.78 is 5.95. The third-order valence-electron chi connectivity index (χ3n) is 3.14. The highest BCUT2D eigenvalue weighted by atomic mass is 28.4. The minimum absolute atomic E-state index is 0.206. The van der Waals surface area contributed by atoms with Gasteiger partial charge in [0.05, 0.1) is 0 Å². The van der Waals surface area contributed by atoms with E-state index in [1.807, 2.05) is 6.92 Å². The third-order valence-corrected chi connectivity index (χ3v) is 7.67. The number of carboxylic acid groups (broad SMARTS) is 1. The lowest BCUT2D eigenvalue weighted by atomic mass is 10.2. The molecule has 0 aliphatic rings. The minimum atomic E-state index is -1.69. The van der Waals surface area contributed by atoms with E-state index in [0.29, 0.717) is 13.0 Å². The molecule has 0 aromatic carbocycles. The molecule has 0 bridgehead atoms. The number of aliphatic carboxylic acids is 1. The van der Waals surface area contributed by atoms with Crippen molar-refractivity contribution < 1.29 is 14.3 Å². The van der Waals surface area contributed by atoms with Gasteiger partial charge in [-0.3, -0.25) is 0 Å². The van der Waals surface area contributed by atoms with E-state index in [2.05, 4.69) is 33.9 Å². The van der Waals surface area contributed by atoms with Crippen molar-refractivity contribution >= 4 is 14.3 Å². The molecule has 0 radical (unpaired) electrons. The second kappa shape index (κ2) is 5.64. The molecule has 0 aromatic rings. The summed E-state index contributed by atoms with van der Waals surface area (Å²) in [7, 11) is -1.69. The van der Waals surface area contributed by atoms with Crippen LogP contribution >= 0.6 is 0 Å². The third kappa shape index (κ3) is 5.46. The van der Waals surface area contributed by atoms with Gasteiger partial charge in [0.1, 0.15) is 0 Å². The molecule has 0 aromatic heterocycles. The topological polar surface area (TPSA) is 46.5 Å². The largest absolute Gasteiger partial charge is 0.478 e. The first kappa shape index (κ1) is 15.4. The van der Waals surface area contributed by atoms with E-state index in [1.54, 1.807) is 0 Å². The van der Waals surface area contributed by atoms with Crippen LogP contribution in [0.3, 0.4) is 0 Å². The molecular formula is C12H24O3Si. The highest BCUT2D eigenvalue weighted by Crippen LogP contribution is 2.36. The van der Waals surface area contributed by atoms with Crippen molar-refractivity contribution in [1.29, 1.82) is 0 Å². The number of carbonyl (C=O) groups is 1. The molecule has 0 amide bonds. The van der Waals surface area contributed by atoms with E-state index in [-0.39, 0.29) is 5.04 Å². The molecule has 94 valence electrons. The predicted molar refractivity (Wildman–Crippen MR) is 69.2 cm³/mol. The van der Waals surface area contributed by atoms with Crippen LogP contribution in [-0.4, -0.2) is 26.0 Å². The van der Waals surface area contributed by atoms with Gasteiger partial charge in [0, 0.05) is 12.7 Å². The first-order valence-electron chi connectivity index (χ1n) is 5.60. The molecule has 0 aliphatic carbocycles. The van der Waals surface area contributed by atoms with Crippen molar-refractivity contribution in [3.05, 3.63) is 11.6 Å². The Morgan fingerprint density at radius 2 is 1.88 bits per heavy atom. The molecule has 0 saturated carbocycles. The Kier molecular flexibility index (Phi) is 5.42. The van der Waals surface area contributed by atoms with Gasteiger partial charge in [0.2, 0.25) is 0 Å². The Hall–Kier alpha value is -0.613. The fraction of sp³-hybridized carbons (Fsp3) is 0.750. The molecule has 0 atom stereocenters. The van der Waals surface area contributed by atoms with Crippen molar-refractivity contribution in [3.8, 4) is 0 Å². The Morgan fingerprint density at radius 3 is 2.25 bits per heavy atom. The number of hydrogen-bond donors (Lipinski definition) is 1. The summed E-state index contributed by atoms with van der Waals surface area (Å²) in [5, 5.41) is 8.77. The summed E-state index contributed by atoms with van der Waals surface area (Å²) in [5.41, 5.74) is 0.853. The summed E-state index contributed by atoms with van der Waals surface area (Å²) in [6.07, 6.45) is 1.94. The predicted octanol–water partition coefficient (Wildman–Crippen LogP) is 3.43. The average Bonchev–Trinajstić information content (AvgIpc) is 1.99. The van der Waals surface area contributed by atoms with Gasteiger partial charge in [-0.1, -0.05) is 26.3 Å². The maximum atomic E-state index is 10.4. The van der Waals surface area contributed by atoms with Crippen LogP contribution in [-0.2, 0) is 9.22 Å². The summed E-state index contributed by atoms with van der Waals surface area (Å²) in [6, 6.07) is 0. The fourth-order valence-corrected chi connectivity index (χ4v) is 2.01. The Morgan fingerprint density at radius 1 is 1.38 bits per heavy atom. The molecule has 0 rings (SSSR count). The molecule has 3 nitrogen and oxygen atoms in total. The van der Waals surface area contributed by atoms with E-state index in [9.17, 15) is 4.79 Å². The zero-order chi connectivity index (χ0) is 13.0. The van der Waals surface area contributed by atoms with E-state index in [0.717, 1.165) is 5.57 Å². The Balaban J connectivity index is 4.14. The van der Waals surface area contributed by atoms with Gasteiger partial charge in [-0.2, -0.15) is 0 Å². The second-order valence-electron chi connectivity index (χ2n) is 5.69. The van der Waals surface area contributed by atoms with Crippen molar-refractivity contribution in [2.75, 3.05) is 6.61 Å². The molecule has 0 heterocycles. The molecule has 0 spiro atoms. The SMILES string of the molecule is C/C(=C/C(=O)O)CCO[Si](C)(C)C(C)(C)C. The van der Waals surface area contributed by atoms with Crippen molar-refractivity contribution in [1.82, 2.24) is 0 Å². The Bertz CT molecular complexity index is 274. The highest BCUT2D eigenvalue weighted by Gasteiger charge is 2.36. The smallest absolute Gasteiger partial charge is 0.328 e. The van der Waals surface area contributed by atoms with Crippen LogP contribution in [0.25, 0.3) is 0 Å². The van der Waals surface area contributed by atoms with Crippen molar-refractivity contribution in [2.24, 2.45) is 0 Å². The number of carboxylic acids is 1. The summed E-state index contributed by atoms with van der Waals surface area (Å²) >= 11 is 0. The molecule has 16 heavy (non-hydrogen) atoms. The number of hydrogen-bond acceptors (Lipinski definition) is 2. The molecular weight excluding hydrogens is 220 g/mol. The van der Waals surface area contributed by atoms with Gasteiger partial charge in [0.15, 0.2) is 8.32 Å². The lowest BCUT2D eigenvalue weighted by Gasteiger charge is -2.36. The van der Waals surface area contributed by atoms with Crippen molar-refractivity contribution in [2.45, 2.75) is 52.2 Å². The highest BCUT2D eigenvalue weighted by molar-refractivity contribution is 6.74. The quantitative estimate of drug-likeness (QED) is 0.595. The minimum Gasteiger partial charge on any atom is -0.478 e. The summed E-state index contributed by atoms with van der Waals surface area (Å²) in [6.45, 7) is 13.4. The van der Waals surface area contributed by atoms with E-state index < -0.39 is 14.3 Å². The lowest BCUT2D eigenvalue weighted by Crippen LogP contribution is -2.41. The molecule has 0 fully saturated rings. The Labute approximate surface area is 99.6 Å². The zero-order valence-electron chi connectivity index (χ0n) is 11.3. The van der Waals surface area contributed by atoms with E-state index >= 15 is 0 Å². The molecule has 1 N–H and O–H groups in total. The van der Waals surface area contributed by atoms with Gasteiger partial charge in [-0.15, -0.1) is 0 Å². The van der Waals surface area contributed by atoms with Crippen LogP contribution in [0.15, 0.2) is 11.6 Å². The summed E-state index contributed by atoms with van der Waals surface area (Å²) in [4.78, 5) is 10.4. The van der Waals surface area contributed by atoms with Crippen LogP contribution < -0.4 is 0 Å². The van der Waals surface area contributed by atoms with Gasteiger partial charge in [-0.05, 0) is 31.5 Å². The van der Waals surface area contributed by atoms with Crippen LogP contribution in [0.5, 0.6) is 0 Å². The van der Waals surface area contributed by atoms with E-state index in [4.69, 9.17) is 9.53 Å². The lowest BCUT2D eigenvalue weighted by molar-refractivity contribution is -0.131. The van der Waals surface area contributed by atoms with Gasteiger partial charge < -0.3 is 9.53 Å². The van der Waals surface area contributed by atoms with Crippen molar-refractivity contribution in [3.63, 3.8) is 0 Å². The van der Waals surface area contributed by atoms with Crippen LogP contribution in [0, 0.1) is 0 Å². The van der Waals surface area contributed by atoms with Gasteiger partial charge >= 0.3 is 5.97 Å². The molecule has 0 aliphatic heterocycles. The van der Waals surface area contributed by atoms with Crippen LogP contribution in [0.4, 0.5) is 0 Å². The number of rotatable bonds is 5. The second-order valence-corrected chi connectivity index (χ2v) is 10.5. The molecule has 0 saturated heterocycles. The normalized spacial score (nSPS) is 14.0. The van der Waals surface area contributed by atoms with E-state index in [1.165, 1.54) is 6.08 Å². The van der Waals surface area contributed by atoms with Crippen LogP contribution in [0.1, 0.15) is 34.1 Å².